The Balaban J connectivity index is 1.93. The predicted molar refractivity (Wildman–Crippen MR) is 102 cm³/mol. The molecule has 2 aromatic carbocycles. The van der Waals surface area contributed by atoms with E-state index in [4.69, 9.17) is 11.6 Å². The van der Waals surface area contributed by atoms with Crippen molar-refractivity contribution < 1.29 is 0 Å². The zero-order valence-corrected chi connectivity index (χ0v) is 14.9. The van der Waals surface area contributed by atoms with Crippen molar-refractivity contribution in [1.29, 1.82) is 0 Å². The van der Waals surface area contributed by atoms with Crippen molar-refractivity contribution in [3.63, 3.8) is 0 Å². The van der Waals surface area contributed by atoms with Gasteiger partial charge in [-0.2, -0.15) is 0 Å². The third kappa shape index (κ3) is 3.42. The van der Waals surface area contributed by atoms with E-state index in [2.05, 4.69) is 44.3 Å². The van der Waals surface area contributed by atoms with E-state index in [0.717, 1.165) is 27.7 Å². The van der Waals surface area contributed by atoms with Crippen LogP contribution in [-0.4, -0.2) is 10.8 Å². The van der Waals surface area contributed by atoms with Gasteiger partial charge in [0.2, 0.25) is 0 Å². The first-order chi connectivity index (χ1) is 10.6. The van der Waals surface area contributed by atoms with Crippen LogP contribution in [0, 0.1) is 10.5 Å². The molecular formula is C18H14ClIN2. The number of halogens is 2. The molecule has 0 amide bonds. The Hall–Kier alpha value is -1.59. The Morgan fingerprint density at radius 2 is 1.95 bits per heavy atom. The van der Waals surface area contributed by atoms with Gasteiger partial charge in [0.1, 0.15) is 0 Å². The summed E-state index contributed by atoms with van der Waals surface area (Å²) >= 11 is 8.51. The van der Waals surface area contributed by atoms with E-state index < -0.39 is 0 Å². The lowest BCUT2D eigenvalue weighted by Crippen LogP contribution is -1.98. The summed E-state index contributed by atoms with van der Waals surface area (Å²) in [6, 6.07) is 18.2. The fourth-order valence-electron chi connectivity index (χ4n) is 2.16. The van der Waals surface area contributed by atoms with Gasteiger partial charge >= 0.3 is 0 Å². The van der Waals surface area contributed by atoms with Crippen molar-refractivity contribution >= 4 is 46.1 Å². The quantitative estimate of drug-likeness (QED) is 0.377. The smallest absolute Gasteiger partial charge is 0.0641 e. The minimum absolute atomic E-state index is 0.770. The monoisotopic (exact) mass is 420 g/mol. The third-order valence-corrected chi connectivity index (χ3v) is 4.45. The van der Waals surface area contributed by atoms with Crippen LogP contribution < -0.4 is 0 Å². The summed E-state index contributed by atoms with van der Waals surface area (Å²) in [5.41, 5.74) is 4.07. The third-order valence-electron chi connectivity index (χ3n) is 3.37. The Bertz CT molecular complexity index is 837. The number of nitrogens with zero attached hydrogens (tertiary/aromatic N) is 2. The maximum Gasteiger partial charge on any atom is 0.0641 e. The van der Waals surface area contributed by atoms with E-state index in [1.807, 2.05) is 61.8 Å². The van der Waals surface area contributed by atoms with Gasteiger partial charge in [-0.25, -0.2) is 0 Å². The number of aryl methyl sites for hydroxylation is 1. The Morgan fingerprint density at radius 1 is 1.09 bits per heavy atom. The van der Waals surface area contributed by atoms with Crippen molar-refractivity contribution in [2.45, 2.75) is 6.92 Å². The minimum atomic E-state index is 0.770. The van der Waals surface area contributed by atoms with Crippen LogP contribution in [0.4, 0.5) is 5.69 Å². The van der Waals surface area contributed by atoms with Gasteiger partial charge in [-0.1, -0.05) is 23.7 Å². The topological polar surface area (TPSA) is 17.3 Å². The molecule has 0 fully saturated rings. The highest BCUT2D eigenvalue weighted by Crippen LogP contribution is 2.21. The molecule has 0 unspecified atom stereocenters. The summed E-state index contributed by atoms with van der Waals surface area (Å²) in [5.74, 6) is 0. The van der Waals surface area contributed by atoms with Crippen molar-refractivity contribution in [3.05, 3.63) is 80.6 Å². The van der Waals surface area contributed by atoms with E-state index in [9.17, 15) is 0 Å². The first-order valence-electron chi connectivity index (χ1n) is 6.87. The van der Waals surface area contributed by atoms with E-state index >= 15 is 0 Å². The summed E-state index contributed by atoms with van der Waals surface area (Å²) in [4.78, 5) is 4.55. The first kappa shape index (κ1) is 15.3. The van der Waals surface area contributed by atoms with Crippen LogP contribution in [0.3, 0.4) is 0 Å². The average molecular weight is 421 g/mol. The van der Waals surface area contributed by atoms with Crippen LogP contribution in [0.15, 0.2) is 65.8 Å². The summed E-state index contributed by atoms with van der Waals surface area (Å²) in [6.45, 7) is 2.00. The minimum Gasteiger partial charge on any atom is -0.316 e. The summed E-state index contributed by atoms with van der Waals surface area (Å²) in [7, 11) is 0. The van der Waals surface area contributed by atoms with Gasteiger partial charge in [0.05, 0.1) is 17.6 Å². The normalized spacial score (nSPS) is 11.2. The number of hydrogen-bond acceptors (Lipinski definition) is 1. The maximum atomic E-state index is 6.23. The van der Waals surface area contributed by atoms with Crippen LogP contribution in [0.25, 0.3) is 5.69 Å². The van der Waals surface area contributed by atoms with Gasteiger partial charge < -0.3 is 4.57 Å². The van der Waals surface area contributed by atoms with Crippen molar-refractivity contribution in [3.8, 4) is 5.69 Å². The van der Waals surface area contributed by atoms with Crippen LogP contribution in [0.5, 0.6) is 0 Å². The highest BCUT2D eigenvalue weighted by atomic mass is 127. The molecule has 1 aromatic heterocycles. The molecule has 22 heavy (non-hydrogen) atoms. The molecule has 0 spiro atoms. The van der Waals surface area contributed by atoms with Crippen LogP contribution in [0.1, 0.15) is 11.3 Å². The van der Waals surface area contributed by atoms with E-state index in [1.54, 1.807) is 0 Å². The van der Waals surface area contributed by atoms with Crippen LogP contribution in [0.2, 0.25) is 5.02 Å². The van der Waals surface area contributed by atoms with Crippen LogP contribution in [-0.2, 0) is 0 Å². The van der Waals surface area contributed by atoms with Crippen molar-refractivity contribution in [2.24, 2.45) is 4.99 Å². The molecule has 0 saturated heterocycles. The molecule has 3 aromatic rings. The molecular weight excluding hydrogens is 407 g/mol. The summed E-state index contributed by atoms with van der Waals surface area (Å²) < 4.78 is 3.25. The number of rotatable bonds is 3. The molecule has 0 aliphatic carbocycles. The van der Waals surface area contributed by atoms with Gasteiger partial charge in [0, 0.05) is 20.5 Å². The number of hydrogen-bond donors (Lipinski definition) is 0. The molecule has 4 heteroatoms. The summed E-state index contributed by atoms with van der Waals surface area (Å²) in [5, 5.41) is 0.770. The molecule has 2 nitrogen and oxygen atoms in total. The lowest BCUT2D eigenvalue weighted by molar-refractivity contribution is 1.06. The van der Waals surface area contributed by atoms with Gasteiger partial charge in [-0.05, 0) is 77.5 Å². The molecule has 0 bridgehead atoms. The van der Waals surface area contributed by atoms with Crippen molar-refractivity contribution in [2.75, 3.05) is 0 Å². The fourth-order valence-corrected chi connectivity index (χ4v) is 2.86. The van der Waals surface area contributed by atoms with Crippen molar-refractivity contribution in [1.82, 2.24) is 4.57 Å². The highest BCUT2D eigenvalue weighted by Gasteiger charge is 2.03. The van der Waals surface area contributed by atoms with E-state index in [-0.39, 0.29) is 0 Å². The molecule has 0 radical (unpaired) electrons. The largest absolute Gasteiger partial charge is 0.316 e. The second-order valence-electron chi connectivity index (χ2n) is 4.97. The number of aromatic nitrogens is 1. The zero-order chi connectivity index (χ0) is 15.5. The van der Waals surface area contributed by atoms with Gasteiger partial charge in [-0.15, -0.1) is 0 Å². The predicted octanol–water partition coefficient (Wildman–Crippen LogP) is 5.79. The van der Waals surface area contributed by atoms with Gasteiger partial charge in [0.15, 0.2) is 0 Å². The molecule has 0 aliphatic rings. The molecule has 0 N–H and O–H groups in total. The second kappa shape index (κ2) is 6.67. The number of aliphatic imine (C=N–C) groups is 1. The fraction of sp³-hybridized carbons (Fsp3) is 0.0556. The molecule has 0 atom stereocenters. The Labute approximate surface area is 148 Å². The highest BCUT2D eigenvalue weighted by molar-refractivity contribution is 14.1. The van der Waals surface area contributed by atoms with E-state index in [0.29, 0.717) is 0 Å². The first-order valence-corrected chi connectivity index (χ1v) is 8.33. The Morgan fingerprint density at radius 3 is 2.73 bits per heavy atom. The lowest BCUT2D eigenvalue weighted by atomic mass is 10.2. The van der Waals surface area contributed by atoms with Gasteiger partial charge in [-0.3, -0.25) is 4.99 Å². The lowest BCUT2D eigenvalue weighted by Gasteiger charge is -2.08. The van der Waals surface area contributed by atoms with Crippen LogP contribution >= 0.6 is 34.2 Å². The molecule has 0 aliphatic heterocycles. The summed E-state index contributed by atoms with van der Waals surface area (Å²) in [6.07, 6.45) is 3.89. The Kier molecular flexibility index (Phi) is 4.64. The second-order valence-corrected chi connectivity index (χ2v) is 6.63. The maximum absolute atomic E-state index is 6.23. The SMILES string of the molecule is Cc1ccc(-n2cccc2C=Nc2cccc(I)c2)cc1Cl. The van der Waals surface area contributed by atoms with Gasteiger partial charge in [0.25, 0.3) is 0 Å². The van der Waals surface area contributed by atoms with E-state index in [1.165, 1.54) is 3.57 Å². The standard InChI is InChI=1S/C18H14ClIN2/c1-13-7-8-16(11-18(13)19)22-9-3-6-17(22)12-21-15-5-2-4-14(20)10-15/h2-12H,1H3. The molecule has 110 valence electrons. The molecule has 0 saturated carbocycles. The molecule has 3 rings (SSSR count). The number of benzene rings is 2. The molecule has 1 heterocycles. The zero-order valence-electron chi connectivity index (χ0n) is 12.0. The average Bonchev–Trinajstić information content (AvgIpc) is 2.96.